The van der Waals surface area contributed by atoms with Crippen LogP contribution >= 0.6 is 0 Å². The van der Waals surface area contributed by atoms with Crippen LogP contribution in [-0.4, -0.2) is 10.9 Å². The number of nitro benzene ring substituents is 1. The Labute approximate surface area is 109 Å². The molecule has 0 fully saturated rings. The first-order valence-electron chi connectivity index (χ1n) is 5.59. The fraction of sp³-hybridized carbons (Fsp3) is 0.0714. The molecular weight excluding hydrogens is 246 g/mol. The van der Waals surface area contributed by atoms with E-state index in [1.165, 1.54) is 24.3 Å². The maximum absolute atomic E-state index is 11.8. The zero-order valence-electron chi connectivity index (χ0n) is 10.2. The van der Waals surface area contributed by atoms with Crippen LogP contribution in [0.5, 0.6) is 5.75 Å². The van der Waals surface area contributed by atoms with Crippen LogP contribution in [0.25, 0.3) is 0 Å². The predicted molar refractivity (Wildman–Crippen MR) is 69.2 cm³/mol. The van der Waals surface area contributed by atoms with Gasteiger partial charge in [0.25, 0.3) is 5.69 Å². The molecule has 0 bridgehead atoms. The molecule has 96 valence electrons. The van der Waals surface area contributed by atoms with Gasteiger partial charge >= 0.3 is 5.97 Å². The van der Waals surface area contributed by atoms with Gasteiger partial charge in [-0.25, -0.2) is 4.79 Å². The number of ether oxygens (including phenoxy) is 1. The summed E-state index contributed by atoms with van der Waals surface area (Å²) in [6, 6.07) is 12.4. The zero-order valence-corrected chi connectivity index (χ0v) is 10.2. The highest BCUT2D eigenvalue weighted by Gasteiger charge is 2.11. The van der Waals surface area contributed by atoms with Crippen molar-refractivity contribution < 1.29 is 14.5 Å². The first kappa shape index (κ1) is 12.8. The molecule has 0 radical (unpaired) electrons. The van der Waals surface area contributed by atoms with Gasteiger partial charge in [-0.15, -0.1) is 0 Å². The van der Waals surface area contributed by atoms with Gasteiger partial charge in [0.1, 0.15) is 5.75 Å². The molecule has 0 amide bonds. The van der Waals surface area contributed by atoms with E-state index < -0.39 is 10.9 Å². The van der Waals surface area contributed by atoms with Crippen LogP contribution in [0, 0.1) is 17.0 Å². The molecule has 2 aromatic rings. The molecule has 0 aliphatic heterocycles. The zero-order chi connectivity index (χ0) is 13.8. The third kappa shape index (κ3) is 3.16. The highest BCUT2D eigenvalue weighted by molar-refractivity contribution is 5.91. The summed E-state index contributed by atoms with van der Waals surface area (Å²) in [5, 5.41) is 10.5. The minimum Gasteiger partial charge on any atom is -0.423 e. The molecule has 0 aromatic heterocycles. The molecular formula is C14H11NO4. The molecule has 19 heavy (non-hydrogen) atoms. The van der Waals surface area contributed by atoms with Crippen molar-refractivity contribution in [2.45, 2.75) is 6.92 Å². The largest absolute Gasteiger partial charge is 0.423 e. The second-order valence-electron chi connectivity index (χ2n) is 4.01. The van der Waals surface area contributed by atoms with Crippen LogP contribution in [0.3, 0.4) is 0 Å². The molecule has 0 heterocycles. The SMILES string of the molecule is Cc1cccc(OC(=O)c2ccc([N+](=O)[O-])cc2)c1. The first-order chi connectivity index (χ1) is 9.06. The number of nitrogens with zero attached hydrogens (tertiary/aromatic N) is 1. The molecule has 0 saturated heterocycles. The molecule has 0 aliphatic rings. The topological polar surface area (TPSA) is 69.4 Å². The van der Waals surface area contributed by atoms with Gasteiger partial charge < -0.3 is 4.74 Å². The van der Waals surface area contributed by atoms with Crippen molar-refractivity contribution in [2.75, 3.05) is 0 Å². The second kappa shape index (κ2) is 5.30. The Bertz CT molecular complexity index is 620. The molecule has 2 aromatic carbocycles. The average molecular weight is 257 g/mol. The summed E-state index contributed by atoms with van der Waals surface area (Å²) in [6.45, 7) is 1.89. The highest BCUT2D eigenvalue weighted by Crippen LogP contribution is 2.16. The van der Waals surface area contributed by atoms with Gasteiger partial charge in [-0.05, 0) is 36.8 Å². The summed E-state index contributed by atoms with van der Waals surface area (Å²) in [5.41, 5.74) is 1.19. The fourth-order valence-corrected chi connectivity index (χ4v) is 1.56. The summed E-state index contributed by atoms with van der Waals surface area (Å²) in [5.74, 6) is -0.0937. The Morgan fingerprint density at radius 1 is 1.16 bits per heavy atom. The second-order valence-corrected chi connectivity index (χ2v) is 4.01. The molecule has 0 spiro atoms. The van der Waals surface area contributed by atoms with Crippen LogP contribution in [0.15, 0.2) is 48.5 Å². The van der Waals surface area contributed by atoms with Crippen LogP contribution in [0.1, 0.15) is 15.9 Å². The van der Waals surface area contributed by atoms with Crippen molar-refractivity contribution in [2.24, 2.45) is 0 Å². The lowest BCUT2D eigenvalue weighted by atomic mass is 10.2. The summed E-state index contributed by atoms with van der Waals surface area (Å²) < 4.78 is 5.17. The van der Waals surface area contributed by atoms with Crippen LogP contribution in [-0.2, 0) is 0 Å². The Kier molecular flexibility index (Phi) is 3.56. The van der Waals surface area contributed by atoms with Crippen molar-refractivity contribution in [1.82, 2.24) is 0 Å². The van der Waals surface area contributed by atoms with E-state index in [0.29, 0.717) is 5.75 Å². The normalized spacial score (nSPS) is 9.95. The van der Waals surface area contributed by atoms with E-state index in [9.17, 15) is 14.9 Å². The van der Waals surface area contributed by atoms with Crippen molar-refractivity contribution in [3.8, 4) is 5.75 Å². The minimum absolute atomic E-state index is 0.0629. The Morgan fingerprint density at radius 2 is 1.84 bits per heavy atom. The molecule has 0 aliphatic carbocycles. The van der Waals surface area contributed by atoms with Crippen molar-refractivity contribution in [3.05, 3.63) is 69.8 Å². The lowest BCUT2D eigenvalue weighted by Gasteiger charge is -2.04. The third-order valence-corrected chi connectivity index (χ3v) is 2.51. The van der Waals surface area contributed by atoms with Gasteiger partial charge in [0.2, 0.25) is 0 Å². The van der Waals surface area contributed by atoms with E-state index in [-0.39, 0.29) is 11.3 Å². The Hall–Kier alpha value is -2.69. The van der Waals surface area contributed by atoms with Crippen LogP contribution in [0.4, 0.5) is 5.69 Å². The van der Waals surface area contributed by atoms with Crippen molar-refractivity contribution in [1.29, 1.82) is 0 Å². The smallest absolute Gasteiger partial charge is 0.343 e. The number of esters is 1. The number of rotatable bonds is 3. The lowest BCUT2D eigenvalue weighted by Crippen LogP contribution is -2.08. The van der Waals surface area contributed by atoms with E-state index in [1.54, 1.807) is 18.2 Å². The van der Waals surface area contributed by atoms with Gasteiger partial charge in [0, 0.05) is 12.1 Å². The monoisotopic (exact) mass is 257 g/mol. The number of non-ortho nitro benzene ring substituents is 1. The standard InChI is InChI=1S/C14H11NO4/c1-10-3-2-4-13(9-10)19-14(16)11-5-7-12(8-6-11)15(17)18/h2-9H,1H3. The predicted octanol–water partition coefficient (Wildman–Crippen LogP) is 3.12. The maximum atomic E-state index is 11.8. The molecule has 0 saturated carbocycles. The molecule has 0 unspecified atom stereocenters. The molecule has 2 rings (SSSR count). The fourth-order valence-electron chi connectivity index (χ4n) is 1.56. The number of hydrogen-bond acceptors (Lipinski definition) is 4. The van der Waals surface area contributed by atoms with Gasteiger partial charge in [-0.2, -0.15) is 0 Å². The van der Waals surface area contributed by atoms with Gasteiger partial charge in [-0.1, -0.05) is 12.1 Å². The van der Waals surface area contributed by atoms with Gasteiger partial charge in [0.15, 0.2) is 0 Å². The Morgan fingerprint density at radius 3 is 2.42 bits per heavy atom. The number of benzene rings is 2. The average Bonchev–Trinajstić information content (AvgIpc) is 2.39. The summed E-state index contributed by atoms with van der Waals surface area (Å²) in [4.78, 5) is 21.8. The Balaban J connectivity index is 2.14. The number of hydrogen-bond donors (Lipinski definition) is 0. The van der Waals surface area contributed by atoms with Crippen molar-refractivity contribution >= 4 is 11.7 Å². The first-order valence-corrected chi connectivity index (χ1v) is 5.59. The number of carbonyl (C=O) groups is 1. The molecule has 0 atom stereocenters. The summed E-state index contributed by atoms with van der Waals surface area (Å²) in [7, 11) is 0. The molecule has 5 heteroatoms. The number of nitro groups is 1. The molecule has 0 N–H and O–H groups in total. The third-order valence-electron chi connectivity index (χ3n) is 2.51. The summed E-state index contributed by atoms with van der Waals surface area (Å²) >= 11 is 0. The highest BCUT2D eigenvalue weighted by atomic mass is 16.6. The quantitative estimate of drug-likeness (QED) is 0.366. The van der Waals surface area contributed by atoms with E-state index in [1.807, 2.05) is 13.0 Å². The molecule has 5 nitrogen and oxygen atoms in total. The maximum Gasteiger partial charge on any atom is 0.343 e. The number of carbonyl (C=O) groups excluding carboxylic acids is 1. The summed E-state index contributed by atoms with van der Waals surface area (Å²) in [6.07, 6.45) is 0. The minimum atomic E-state index is -0.541. The van der Waals surface area contributed by atoms with Crippen LogP contribution < -0.4 is 4.74 Å². The van der Waals surface area contributed by atoms with Crippen molar-refractivity contribution in [3.63, 3.8) is 0 Å². The van der Waals surface area contributed by atoms with E-state index in [2.05, 4.69) is 0 Å². The van der Waals surface area contributed by atoms with Gasteiger partial charge in [-0.3, -0.25) is 10.1 Å². The van der Waals surface area contributed by atoms with Crippen LogP contribution in [0.2, 0.25) is 0 Å². The lowest BCUT2D eigenvalue weighted by molar-refractivity contribution is -0.384. The van der Waals surface area contributed by atoms with E-state index in [0.717, 1.165) is 5.56 Å². The van der Waals surface area contributed by atoms with E-state index in [4.69, 9.17) is 4.74 Å². The van der Waals surface area contributed by atoms with Gasteiger partial charge in [0.05, 0.1) is 10.5 Å². The van der Waals surface area contributed by atoms with E-state index >= 15 is 0 Å². The number of aryl methyl sites for hydroxylation is 1.